The van der Waals surface area contributed by atoms with Crippen molar-refractivity contribution in [3.63, 3.8) is 0 Å². The Kier molecular flexibility index (Phi) is 6.98. The summed E-state index contributed by atoms with van der Waals surface area (Å²) in [4.78, 5) is 12.5. The Morgan fingerprint density at radius 3 is 2.70 bits per heavy atom. The van der Waals surface area contributed by atoms with Crippen molar-refractivity contribution < 1.29 is 17.6 Å². The standard InChI is InChI=1S/C19H24N2O4S2/c22-19(20-9-13-26-15-17-7-5-12-25-17)16-6-4-8-18(14-16)27(23,24)21-10-2-1-3-11-21/h4-8,12,14H,1-3,9-11,13,15H2,(H,20,22). The minimum Gasteiger partial charge on any atom is -0.468 e. The van der Waals surface area contributed by atoms with Crippen LogP contribution in [0.3, 0.4) is 0 Å². The molecular weight excluding hydrogens is 384 g/mol. The van der Waals surface area contributed by atoms with Gasteiger partial charge in [0.1, 0.15) is 5.76 Å². The lowest BCUT2D eigenvalue weighted by Crippen LogP contribution is -2.35. The molecule has 1 saturated heterocycles. The molecule has 1 fully saturated rings. The highest BCUT2D eigenvalue weighted by molar-refractivity contribution is 7.98. The quantitative estimate of drug-likeness (QED) is 0.679. The maximum absolute atomic E-state index is 12.8. The molecule has 1 aliphatic heterocycles. The number of carbonyl (C=O) groups excluding carboxylic acids is 1. The van der Waals surface area contributed by atoms with Gasteiger partial charge in [0.25, 0.3) is 5.91 Å². The van der Waals surface area contributed by atoms with Gasteiger partial charge in [-0.2, -0.15) is 16.1 Å². The van der Waals surface area contributed by atoms with E-state index in [9.17, 15) is 13.2 Å². The molecule has 1 amide bonds. The van der Waals surface area contributed by atoms with Crippen LogP contribution >= 0.6 is 11.8 Å². The Hall–Kier alpha value is -1.77. The van der Waals surface area contributed by atoms with Gasteiger partial charge in [-0.3, -0.25) is 4.79 Å². The van der Waals surface area contributed by atoms with Gasteiger partial charge in [-0.25, -0.2) is 8.42 Å². The van der Waals surface area contributed by atoms with Crippen molar-refractivity contribution in [2.75, 3.05) is 25.4 Å². The van der Waals surface area contributed by atoms with Crippen LogP contribution in [0, 0.1) is 0 Å². The van der Waals surface area contributed by atoms with E-state index in [-0.39, 0.29) is 10.8 Å². The fourth-order valence-electron chi connectivity index (χ4n) is 2.96. The van der Waals surface area contributed by atoms with Crippen LogP contribution in [-0.2, 0) is 15.8 Å². The van der Waals surface area contributed by atoms with Gasteiger partial charge in [0.05, 0.1) is 16.9 Å². The number of sulfonamides is 1. The summed E-state index contributed by atoms with van der Waals surface area (Å²) in [6.45, 7) is 1.60. The molecule has 2 heterocycles. The summed E-state index contributed by atoms with van der Waals surface area (Å²) >= 11 is 1.66. The molecular formula is C19H24N2O4S2. The third-order valence-corrected chi connectivity index (χ3v) is 7.28. The fourth-order valence-corrected chi connectivity index (χ4v) is 5.28. The van der Waals surface area contributed by atoms with Gasteiger partial charge >= 0.3 is 0 Å². The summed E-state index contributed by atoms with van der Waals surface area (Å²) < 4.78 is 32.3. The summed E-state index contributed by atoms with van der Waals surface area (Å²) in [6, 6.07) is 10.1. The van der Waals surface area contributed by atoms with Crippen molar-refractivity contribution >= 4 is 27.7 Å². The number of rotatable bonds is 8. The molecule has 0 saturated carbocycles. The lowest BCUT2D eigenvalue weighted by atomic mass is 10.2. The highest BCUT2D eigenvalue weighted by atomic mass is 32.2. The summed E-state index contributed by atoms with van der Waals surface area (Å²) in [5.41, 5.74) is 0.365. The van der Waals surface area contributed by atoms with Crippen LogP contribution in [0.2, 0.25) is 0 Å². The number of benzene rings is 1. The smallest absolute Gasteiger partial charge is 0.251 e. The first kappa shape index (κ1) is 20.0. The zero-order chi connectivity index (χ0) is 19.1. The molecule has 1 aromatic heterocycles. The summed E-state index contributed by atoms with van der Waals surface area (Å²) in [6.07, 6.45) is 4.47. The van der Waals surface area contributed by atoms with E-state index in [4.69, 9.17) is 4.42 Å². The second kappa shape index (κ2) is 9.43. The number of furan rings is 1. The van der Waals surface area contributed by atoms with Crippen molar-refractivity contribution in [2.45, 2.75) is 29.9 Å². The van der Waals surface area contributed by atoms with Gasteiger partial charge in [-0.1, -0.05) is 12.5 Å². The predicted molar refractivity (Wildman–Crippen MR) is 106 cm³/mol. The average molecular weight is 409 g/mol. The minimum absolute atomic E-state index is 0.184. The number of hydrogen-bond donors (Lipinski definition) is 1. The molecule has 1 N–H and O–H groups in total. The fraction of sp³-hybridized carbons (Fsp3) is 0.421. The maximum atomic E-state index is 12.8. The first-order chi connectivity index (χ1) is 13.1. The molecule has 1 aromatic carbocycles. The van der Waals surface area contributed by atoms with Gasteiger partial charge < -0.3 is 9.73 Å². The van der Waals surface area contributed by atoms with E-state index in [1.54, 1.807) is 36.2 Å². The van der Waals surface area contributed by atoms with Gasteiger partial charge in [-0.15, -0.1) is 0 Å². The van der Waals surface area contributed by atoms with Crippen LogP contribution in [0.1, 0.15) is 35.4 Å². The number of amides is 1. The minimum atomic E-state index is -3.53. The van der Waals surface area contributed by atoms with Gasteiger partial charge in [0, 0.05) is 31.0 Å². The third-order valence-electron chi connectivity index (χ3n) is 4.41. The van der Waals surface area contributed by atoms with Crippen molar-refractivity contribution in [1.82, 2.24) is 9.62 Å². The lowest BCUT2D eigenvalue weighted by molar-refractivity contribution is 0.0956. The Bertz CT molecular complexity index is 844. The largest absolute Gasteiger partial charge is 0.468 e. The zero-order valence-electron chi connectivity index (χ0n) is 15.1. The predicted octanol–water partition coefficient (Wildman–Crippen LogP) is 3.12. The van der Waals surface area contributed by atoms with Gasteiger partial charge in [0.2, 0.25) is 10.0 Å². The molecule has 27 heavy (non-hydrogen) atoms. The first-order valence-corrected chi connectivity index (χ1v) is 11.7. The highest BCUT2D eigenvalue weighted by Crippen LogP contribution is 2.21. The maximum Gasteiger partial charge on any atom is 0.251 e. The van der Waals surface area contributed by atoms with Crippen LogP contribution in [-0.4, -0.2) is 44.0 Å². The molecule has 0 radical (unpaired) electrons. The molecule has 6 nitrogen and oxygen atoms in total. The molecule has 0 unspecified atom stereocenters. The van der Waals surface area contributed by atoms with Crippen molar-refractivity contribution in [3.8, 4) is 0 Å². The normalized spacial score (nSPS) is 15.6. The van der Waals surface area contributed by atoms with Crippen molar-refractivity contribution in [2.24, 2.45) is 0 Å². The molecule has 1 aliphatic rings. The van der Waals surface area contributed by atoms with Crippen molar-refractivity contribution in [1.29, 1.82) is 0 Å². The second-order valence-corrected chi connectivity index (χ2v) is 9.42. The van der Waals surface area contributed by atoms with E-state index in [0.717, 1.165) is 36.5 Å². The molecule has 0 spiro atoms. The van der Waals surface area contributed by atoms with E-state index < -0.39 is 10.0 Å². The molecule has 146 valence electrons. The SMILES string of the molecule is O=C(NCCSCc1ccco1)c1cccc(S(=O)(=O)N2CCCCC2)c1. The second-order valence-electron chi connectivity index (χ2n) is 6.38. The number of thioether (sulfide) groups is 1. The van der Waals surface area contributed by atoms with Crippen molar-refractivity contribution in [3.05, 3.63) is 54.0 Å². The van der Waals surface area contributed by atoms with E-state index in [2.05, 4.69) is 5.32 Å². The Balaban J connectivity index is 1.53. The third kappa shape index (κ3) is 5.37. The van der Waals surface area contributed by atoms with Crippen LogP contribution in [0.25, 0.3) is 0 Å². The Morgan fingerprint density at radius 2 is 1.96 bits per heavy atom. The lowest BCUT2D eigenvalue weighted by Gasteiger charge is -2.26. The number of hydrogen-bond acceptors (Lipinski definition) is 5. The van der Waals surface area contributed by atoms with Gasteiger partial charge in [-0.05, 0) is 43.2 Å². The molecule has 3 rings (SSSR count). The number of carbonyl (C=O) groups is 1. The molecule has 8 heteroatoms. The molecule has 0 aliphatic carbocycles. The first-order valence-electron chi connectivity index (χ1n) is 9.06. The van der Waals surface area contributed by atoms with Gasteiger partial charge in [0.15, 0.2) is 0 Å². The summed E-state index contributed by atoms with van der Waals surface area (Å²) in [5.74, 6) is 2.15. The van der Waals surface area contributed by atoms with E-state index in [1.807, 2.05) is 12.1 Å². The number of nitrogens with one attached hydrogen (secondary N) is 1. The van der Waals surface area contributed by atoms with Crippen LogP contribution in [0.4, 0.5) is 0 Å². The summed E-state index contributed by atoms with van der Waals surface area (Å²) in [5, 5.41) is 2.84. The molecule has 0 bridgehead atoms. The average Bonchev–Trinajstić information content (AvgIpc) is 3.22. The van der Waals surface area contributed by atoms with Crippen LogP contribution in [0.15, 0.2) is 52.0 Å². The molecule has 0 atom stereocenters. The monoisotopic (exact) mass is 408 g/mol. The molecule has 2 aromatic rings. The Morgan fingerprint density at radius 1 is 1.15 bits per heavy atom. The van der Waals surface area contributed by atoms with E-state index in [0.29, 0.717) is 25.2 Å². The van der Waals surface area contributed by atoms with Crippen LogP contribution < -0.4 is 5.32 Å². The zero-order valence-corrected chi connectivity index (χ0v) is 16.7. The van der Waals surface area contributed by atoms with E-state index in [1.165, 1.54) is 10.4 Å². The number of piperidine rings is 1. The summed E-state index contributed by atoms with van der Waals surface area (Å²) in [7, 11) is -3.53. The van der Waals surface area contributed by atoms with Crippen LogP contribution in [0.5, 0.6) is 0 Å². The van der Waals surface area contributed by atoms with E-state index >= 15 is 0 Å². The topological polar surface area (TPSA) is 79.6 Å². The highest BCUT2D eigenvalue weighted by Gasteiger charge is 2.26. The Labute approximate surface area is 164 Å². The number of nitrogens with zero attached hydrogens (tertiary/aromatic N) is 1.